The SMILES string of the molecule is COC(=O)N1C[Si](C)(C)OC(=O)N(C(=O)OC)C[Si](C)(C)OC1=O. The molecule has 0 N–H and O–H groups in total. The fourth-order valence-electron chi connectivity index (χ4n) is 2.04. The monoisotopic (exact) mass is 378 g/mol. The van der Waals surface area contributed by atoms with Crippen molar-refractivity contribution in [2.75, 3.05) is 26.6 Å². The zero-order valence-electron chi connectivity index (χ0n) is 14.6. The summed E-state index contributed by atoms with van der Waals surface area (Å²) in [6.45, 7) is 6.48. The van der Waals surface area contributed by atoms with Crippen LogP contribution in [0.15, 0.2) is 0 Å². The minimum atomic E-state index is -2.88. The minimum absolute atomic E-state index is 0.163. The second kappa shape index (κ2) is 7.21. The maximum Gasteiger partial charge on any atom is 0.418 e. The van der Waals surface area contributed by atoms with Gasteiger partial charge in [-0.3, -0.25) is 0 Å². The number of rotatable bonds is 0. The topological polar surface area (TPSA) is 112 Å². The lowest BCUT2D eigenvalue weighted by molar-refractivity contribution is 0.101. The van der Waals surface area contributed by atoms with Gasteiger partial charge in [0.1, 0.15) is 0 Å². The van der Waals surface area contributed by atoms with Gasteiger partial charge in [0.2, 0.25) is 0 Å². The van der Waals surface area contributed by atoms with Crippen LogP contribution in [0.2, 0.25) is 26.2 Å². The normalized spacial score (nSPS) is 20.6. The van der Waals surface area contributed by atoms with E-state index in [9.17, 15) is 19.2 Å². The molecule has 1 aliphatic rings. The first-order valence-corrected chi connectivity index (χ1v) is 13.3. The highest BCUT2D eigenvalue weighted by Crippen LogP contribution is 2.19. The largest absolute Gasteiger partial charge is 0.502 e. The van der Waals surface area contributed by atoms with E-state index in [1.165, 1.54) is 0 Å². The van der Waals surface area contributed by atoms with E-state index in [0.29, 0.717) is 0 Å². The van der Waals surface area contributed by atoms with Crippen molar-refractivity contribution in [1.82, 2.24) is 9.80 Å². The van der Waals surface area contributed by atoms with E-state index in [-0.39, 0.29) is 12.3 Å². The molecule has 1 fully saturated rings. The van der Waals surface area contributed by atoms with Crippen LogP contribution in [0, 0.1) is 0 Å². The van der Waals surface area contributed by atoms with Crippen LogP contribution in [0.4, 0.5) is 19.2 Å². The molecule has 0 aromatic heterocycles. The van der Waals surface area contributed by atoms with Crippen molar-refractivity contribution < 1.29 is 37.5 Å². The highest BCUT2D eigenvalue weighted by atomic mass is 28.4. The quantitative estimate of drug-likeness (QED) is 0.588. The molecule has 1 saturated heterocycles. The third-order valence-electron chi connectivity index (χ3n) is 3.04. The third-order valence-corrected chi connectivity index (χ3v) is 6.65. The number of ether oxygens (including phenoxy) is 2. The minimum Gasteiger partial charge on any atom is -0.502 e. The van der Waals surface area contributed by atoms with E-state index in [1.807, 2.05) is 0 Å². The van der Waals surface area contributed by atoms with E-state index >= 15 is 0 Å². The fourth-order valence-corrected chi connectivity index (χ4v) is 5.37. The van der Waals surface area contributed by atoms with Crippen molar-refractivity contribution in [3.05, 3.63) is 0 Å². The van der Waals surface area contributed by atoms with E-state index in [4.69, 9.17) is 8.85 Å². The van der Waals surface area contributed by atoms with Gasteiger partial charge in [-0.15, -0.1) is 0 Å². The first kappa shape index (κ1) is 20.0. The Morgan fingerprint density at radius 1 is 0.833 bits per heavy atom. The van der Waals surface area contributed by atoms with E-state index < -0.39 is 41.0 Å². The van der Waals surface area contributed by atoms with Crippen LogP contribution in [0.1, 0.15) is 0 Å². The summed E-state index contributed by atoms with van der Waals surface area (Å²) in [4.78, 5) is 50.0. The molecule has 0 bridgehead atoms. The number of imide groups is 2. The van der Waals surface area contributed by atoms with Crippen LogP contribution >= 0.6 is 0 Å². The molecule has 1 heterocycles. The molecular weight excluding hydrogens is 356 g/mol. The molecule has 0 spiro atoms. The first-order valence-electron chi connectivity index (χ1n) is 7.09. The molecule has 1 aliphatic heterocycles. The van der Waals surface area contributed by atoms with Gasteiger partial charge in [-0.2, -0.15) is 0 Å². The summed E-state index contributed by atoms with van der Waals surface area (Å²) in [6.07, 6.45) is -3.89. The Hall–Kier alpha value is -2.09. The number of hydrogen-bond acceptors (Lipinski definition) is 8. The molecule has 0 aromatic rings. The average molecular weight is 378 g/mol. The van der Waals surface area contributed by atoms with Crippen LogP contribution in [-0.4, -0.2) is 77.4 Å². The van der Waals surface area contributed by atoms with Gasteiger partial charge in [-0.25, -0.2) is 29.0 Å². The van der Waals surface area contributed by atoms with Crippen LogP contribution in [0.25, 0.3) is 0 Å². The lowest BCUT2D eigenvalue weighted by atomic mass is 10.8. The summed E-state index contributed by atoms with van der Waals surface area (Å²) in [5.41, 5.74) is 0. The van der Waals surface area contributed by atoms with E-state index in [1.54, 1.807) is 26.2 Å². The lowest BCUT2D eigenvalue weighted by Gasteiger charge is -2.36. The van der Waals surface area contributed by atoms with Gasteiger partial charge < -0.3 is 18.3 Å². The van der Waals surface area contributed by atoms with Crippen molar-refractivity contribution in [3.8, 4) is 0 Å². The smallest absolute Gasteiger partial charge is 0.418 e. The van der Waals surface area contributed by atoms with Crippen LogP contribution in [0.5, 0.6) is 0 Å². The van der Waals surface area contributed by atoms with Gasteiger partial charge >= 0.3 is 24.4 Å². The number of nitrogens with zero attached hydrogens (tertiary/aromatic N) is 2. The van der Waals surface area contributed by atoms with Crippen molar-refractivity contribution >= 4 is 41.0 Å². The molecule has 4 amide bonds. The zero-order chi connectivity index (χ0) is 18.7. The molecular formula is C12H22N2O8Si2. The number of hydrogen-bond donors (Lipinski definition) is 0. The standard InChI is InChI=1S/C12H22N2O8Si2/c1-19-9(15)13-7-23(3,4)22-12(18)14(10(16)20-2)8-24(5,6)21-11(13)17/h7-8H2,1-6H3. The Bertz CT molecular complexity index is 503. The van der Waals surface area contributed by atoms with Gasteiger partial charge in [-0.05, 0) is 26.2 Å². The summed E-state index contributed by atoms with van der Waals surface area (Å²) in [5, 5.41) is 0. The second-order valence-corrected chi connectivity index (χ2v) is 14.4. The summed E-state index contributed by atoms with van der Waals surface area (Å²) >= 11 is 0. The molecule has 0 saturated carbocycles. The second-order valence-electron chi connectivity index (χ2n) is 6.37. The van der Waals surface area contributed by atoms with Gasteiger partial charge in [0, 0.05) is 0 Å². The molecule has 0 unspecified atom stereocenters. The molecule has 0 aliphatic carbocycles. The molecule has 136 valence electrons. The fraction of sp³-hybridized carbons (Fsp3) is 0.667. The van der Waals surface area contributed by atoms with Crippen LogP contribution < -0.4 is 0 Å². The average Bonchev–Trinajstić information content (AvgIpc) is 2.46. The number of methoxy groups -OCH3 is 2. The number of amides is 4. The van der Waals surface area contributed by atoms with Crippen molar-refractivity contribution in [3.63, 3.8) is 0 Å². The molecule has 24 heavy (non-hydrogen) atoms. The molecule has 0 radical (unpaired) electrons. The Kier molecular flexibility index (Phi) is 6.00. The Morgan fingerprint density at radius 3 is 1.38 bits per heavy atom. The van der Waals surface area contributed by atoms with E-state index in [0.717, 1.165) is 24.0 Å². The number of carbonyl (C=O) groups excluding carboxylic acids is 4. The van der Waals surface area contributed by atoms with Crippen molar-refractivity contribution in [1.29, 1.82) is 0 Å². The first-order chi connectivity index (χ1) is 10.9. The summed E-state index contributed by atoms with van der Waals surface area (Å²) in [5.74, 6) is 0. The third kappa shape index (κ3) is 4.96. The highest BCUT2D eigenvalue weighted by molar-refractivity contribution is 6.75. The van der Waals surface area contributed by atoms with Crippen molar-refractivity contribution in [2.24, 2.45) is 0 Å². The predicted molar refractivity (Wildman–Crippen MR) is 86.1 cm³/mol. The Labute approximate surface area is 141 Å². The van der Waals surface area contributed by atoms with Crippen LogP contribution in [-0.2, 0) is 18.3 Å². The van der Waals surface area contributed by atoms with Gasteiger partial charge in [0.25, 0.3) is 16.6 Å². The van der Waals surface area contributed by atoms with E-state index in [2.05, 4.69) is 9.47 Å². The highest BCUT2D eigenvalue weighted by Gasteiger charge is 2.44. The molecule has 1 rings (SSSR count). The maximum atomic E-state index is 12.3. The summed E-state index contributed by atoms with van der Waals surface area (Å²) in [7, 11) is -3.49. The molecule has 0 aromatic carbocycles. The molecule has 0 atom stereocenters. The van der Waals surface area contributed by atoms with Crippen molar-refractivity contribution in [2.45, 2.75) is 26.2 Å². The lowest BCUT2D eigenvalue weighted by Crippen LogP contribution is -2.59. The zero-order valence-corrected chi connectivity index (χ0v) is 16.6. The van der Waals surface area contributed by atoms with Crippen LogP contribution in [0.3, 0.4) is 0 Å². The summed E-state index contributed by atoms with van der Waals surface area (Å²) in [6, 6.07) is 0. The van der Waals surface area contributed by atoms with Gasteiger partial charge in [0.05, 0.1) is 26.6 Å². The summed E-state index contributed by atoms with van der Waals surface area (Å²) < 4.78 is 20.0. The molecule has 12 heteroatoms. The van der Waals surface area contributed by atoms with Gasteiger partial charge in [-0.1, -0.05) is 0 Å². The maximum absolute atomic E-state index is 12.3. The molecule has 10 nitrogen and oxygen atoms in total. The number of carbonyl (C=O) groups is 4. The van der Waals surface area contributed by atoms with Gasteiger partial charge in [0.15, 0.2) is 0 Å². The Morgan fingerprint density at radius 2 is 1.12 bits per heavy atom. The Balaban J connectivity index is 3.24. The predicted octanol–water partition coefficient (Wildman–Crippen LogP) is 1.90.